The maximum atomic E-state index is 10.4. The number of carbonyl (C=O) groups is 1. The summed E-state index contributed by atoms with van der Waals surface area (Å²) in [6.45, 7) is -0.834. The number of hydrogen-bond acceptors (Lipinski definition) is 6. The van der Waals surface area contributed by atoms with Crippen LogP contribution in [0.2, 0.25) is 0 Å². The Hall–Kier alpha value is -1.03. The molecule has 1 amide bonds. The average Bonchev–Trinajstić information content (AvgIpc) is 2.52. The zero-order chi connectivity index (χ0) is 14.3. The molecule has 1 fully saturated rings. The first kappa shape index (κ1) is 17.0. The minimum absolute atomic E-state index is 0.0995. The topological polar surface area (TPSA) is 163 Å². The summed E-state index contributed by atoms with van der Waals surface area (Å²) >= 11 is 0. The number of nitrogens with zero attached hydrogens (tertiary/aromatic N) is 1. The number of carbonyl (C=O) groups excluding carboxylic acids is 1. The fourth-order valence-corrected chi connectivity index (χ4v) is 1.16. The molecular weight excluding hydrogens is 269 g/mol. The van der Waals surface area contributed by atoms with E-state index in [0.29, 0.717) is 6.54 Å². The molecule has 6 N–H and O–H groups in total. The van der Waals surface area contributed by atoms with E-state index in [9.17, 15) is 9.36 Å². The molecule has 0 aromatic rings. The summed E-state index contributed by atoms with van der Waals surface area (Å²) in [7, 11) is -2.81. The Bertz CT molecular complexity index is 344. The fourth-order valence-electron chi connectivity index (χ4n) is 0.797. The largest absolute Gasteiger partial charge is 0.469 e. The third-order valence-electron chi connectivity index (χ3n) is 1.67. The summed E-state index contributed by atoms with van der Waals surface area (Å²) in [4.78, 5) is 28.0. The number of hydrogen-bond donors (Lipinski definition) is 6. The van der Waals surface area contributed by atoms with Crippen molar-refractivity contribution in [2.45, 2.75) is 6.10 Å². The van der Waals surface area contributed by atoms with E-state index in [1.54, 1.807) is 11.9 Å². The molecule has 0 saturated carbocycles. The monoisotopic (exact) mass is 285 g/mol. The van der Waals surface area contributed by atoms with Gasteiger partial charge in [0.2, 0.25) is 5.91 Å². The SMILES string of the molecule is CN1CC(=O)NC1=N.O=P(O)(O)OCC(O)CO. The molecule has 0 aliphatic carbocycles. The van der Waals surface area contributed by atoms with Gasteiger partial charge in [0.05, 0.1) is 19.8 Å². The molecule has 1 heterocycles. The Balaban J connectivity index is 0.000000327. The molecule has 1 aliphatic heterocycles. The zero-order valence-electron chi connectivity index (χ0n) is 9.61. The van der Waals surface area contributed by atoms with Gasteiger partial charge in [0.25, 0.3) is 0 Å². The Kier molecular flexibility index (Phi) is 6.99. The number of phosphoric ester groups is 1. The molecule has 10 nitrogen and oxygen atoms in total. The Morgan fingerprint density at radius 3 is 2.39 bits per heavy atom. The van der Waals surface area contributed by atoms with Crippen LogP contribution in [0.25, 0.3) is 0 Å². The number of aliphatic hydroxyl groups is 2. The van der Waals surface area contributed by atoms with Crippen molar-refractivity contribution in [2.24, 2.45) is 0 Å². The lowest BCUT2D eigenvalue weighted by molar-refractivity contribution is -0.118. The van der Waals surface area contributed by atoms with E-state index in [-0.39, 0.29) is 11.9 Å². The standard InChI is InChI=1S/C4H7N3O.C3H9O6P/c1-7-2-3(8)6-4(7)5;4-1-3(5)2-9-10(6,7)8/h2H2,1H3,(H2,5,6,8);3-5H,1-2H2,(H2,6,7,8). The minimum Gasteiger partial charge on any atom is -0.394 e. The Labute approximate surface area is 103 Å². The van der Waals surface area contributed by atoms with Crippen molar-refractivity contribution in [3.63, 3.8) is 0 Å². The number of phosphoric acid groups is 1. The second-order valence-electron chi connectivity index (χ2n) is 3.38. The van der Waals surface area contributed by atoms with Crippen LogP contribution in [0.15, 0.2) is 0 Å². The van der Waals surface area contributed by atoms with Crippen LogP contribution in [-0.4, -0.2) is 69.7 Å². The zero-order valence-corrected chi connectivity index (χ0v) is 10.5. The molecule has 0 radical (unpaired) electrons. The van der Waals surface area contributed by atoms with Gasteiger partial charge in [-0.1, -0.05) is 0 Å². The van der Waals surface area contributed by atoms with Crippen molar-refractivity contribution >= 4 is 19.7 Å². The Morgan fingerprint density at radius 1 is 1.61 bits per heavy atom. The lowest BCUT2D eigenvalue weighted by Gasteiger charge is -2.07. The highest BCUT2D eigenvalue weighted by atomic mass is 31.2. The van der Waals surface area contributed by atoms with Crippen LogP contribution in [0, 0.1) is 5.41 Å². The molecule has 11 heteroatoms. The van der Waals surface area contributed by atoms with E-state index in [0.717, 1.165) is 0 Å². The maximum Gasteiger partial charge on any atom is 0.469 e. The van der Waals surface area contributed by atoms with Gasteiger partial charge in [-0.3, -0.25) is 20.0 Å². The van der Waals surface area contributed by atoms with Gasteiger partial charge in [0.15, 0.2) is 5.96 Å². The lowest BCUT2D eigenvalue weighted by atomic mass is 10.4. The van der Waals surface area contributed by atoms with E-state index >= 15 is 0 Å². The summed E-state index contributed by atoms with van der Waals surface area (Å²) in [6, 6.07) is 0. The van der Waals surface area contributed by atoms with Crippen LogP contribution in [0.1, 0.15) is 0 Å². The Morgan fingerprint density at radius 2 is 2.17 bits per heavy atom. The molecular formula is C7H16N3O7P. The highest BCUT2D eigenvalue weighted by Gasteiger charge is 2.18. The van der Waals surface area contributed by atoms with E-state index in [1.807, 2.05) is 0 Å². The van der Waals surface area contributed by atoms with Crippen molar-refractivity contribution in [1.82, 2.24) is 10.2 Å². The molecule has 1 aliphatic rings. The number of aliphatic hydroxyl groups excluding tert-OH is 2. The number of rotatable bonds is 4. The van der Waals surface area contributed by atoms with Crippen molar-refractivity contribution in [2.75, 3.05) is 26.8 Å². The predicted molar refractivity (Wildman–Crippen MR) is 59.6 cm³/mol. The second-order valence-corrected chi connectivity index (χ2v) is 4.61. The highest BCUT2D eigenvalue weighted by Crippen LogP contribution is 2.35. The normalized spacial score (nSPS) is 17.1. The lowest BCUT2D eigenvalue weighted by Crippen LogP contribution is -2.25. The molecule has 1 atom stereocenters. The van der Waals surface area contributed by atoms with E-state index in [4.69, 9.17) is 25.4 Å². The number of guanidine groups is 1. The predicted octanol–water partition coefficient (Wildman–Crippen LogP) is -2.57. The van der Waals surface area contributed by atoms with Crippen molar-refractivity contribution in [3.05, 3.63) is 0 Å². The van der Waals surface area contributed by atoms with Crippen molar-refractivity contribution < 1.29 is 33.9 Å². The van der Waals surface area contributed by atoms with Gasteiger partial charge >= 0.3 is 7.82 Å². The molecule has 1 unspecified atom stereocenters. The molecule has 0 aromatic carbocycles. The van der Waals surface area contributed by atoms with Gasteiger partial charge in [-0.25, -0.2) is 4.57 Å². The molecule has 18 heavy (non-hydrogen) atoms. The summed E-state index contributed by atoms with van der Waals surface area (Å²) < 4.78 is 13.8. The van der Waals surface area contributed by atoms with E-state index in [1.165, 1.54) is 0 Å². The smallest absolute Gasteiger partial charge is 0.394 e. The third kappa shape index (κ3) is 8.12. The molecule has 0 aromatic heterocycles. The van der Waals surface area contributed by atoms with Gasteiger partial charge in [-0.05, 0) is 0 Å². The molecule has 0 spiro atoms. The fraction of sp³-hybridized carbons (Fsp3) is 0.714. The van der Waals surface area contributed by atoms with Crippen molar-refractivity contribution in [3.8, 4) is 0 Å². The van der Waals surface area contributed by atoms with E-state index in [2.05, 4.69) is 9.84 Å². The molecule has 1 saturated heterocycles. The van der Waals surface area contributed by atoms with Crippen molar-refractivity contribution in [1.29, 1.82) is 5.41 Å². The van der Waals surface area contributed by atoms with Crippen LogP contribution < -0.4 is 5.32 Å². The first-order valence-electron chi connectivity index (χ1n) is 4.74. The van der Waals surface area contributed by atoms with Gasteiger partial charge in [0, 0.05) is 7.05 Å². The van der Waals surface area contributed by atoms with Crippen LogP contribution in [0.3, 0.4) is 0 Å². The molecule has 1 rings (SSSR count). The van der Waals surface area contributed by atoms with Crippen LogP contribution >= 0.6 is 7.82 Å². The van der Waals surface area contributed by atoms with E-state index < -0.39 is 27.1 Å². The molecule has 0 bridgehead atoms. The van der Waals surface area contributed by atoms with Gasteiger partial charge in [0.1, 0.15) is 6.10 Å². The number of nitrogens with one attached hydrogen (secondary N) is 2. The van der Waals surface area contributed by atoms with Gasteiger partial charge in [-0.2, -0.15) is 0 Å². The van der Waals surface area contributed by atoms with Crippen LogP contribution in [-0.2, 0) is 13.9 Å². The highest BCUT2D eigenvalue weighted by molar-refractivity contribution is 7.46. The number of amides is 1. The first-order valence-corrected chi connectivity index (χ1v) is 6.27. The third-order valence-corrected chi connectivity index (χ3v) is 2.15. The summed E-state index contributed by atoms with van der Waals surface area (Å²) in [5.74, 6) is 0.0903. The average molecular weight is 285 g/mol. The second kappa shape index (κ2) is 7.41. The summed E-state index contributed by atoms with van der Waals surface area (Å²) in [5, 5.41) is 26.0. The summed E-state index contributed by atoms with van der Waals surface area (Å²) in [6.07, 6.45) is -1.24. The van der Waals surface area contributed by atoms with Gasteiger partial charge < -0.3 is 24.9 Å². The van der Waals surface area contributed by atoms with Crippen LogP contribution in [0.4, 0.5) is 0 Å². The quantitative estimate of drug-likeness (QED) is 0.307. The first-order chi connectivity index (χ1) is 8.15. The maximum absolute atomic E-state index is 10.4. The van der Waals surface area contributed by atoms with Gasteiger partial charge in [-0.15, -0.1) is 0 Å². The van der Waals surface area contributed by atoms with Crippen LogP contribution in [0.5, 0.6) is 0 Å². The minimum atomic E-state index is -4.50. The summed E-state index contributed by atoms with van der Waals surface area (Å²) in [5.41, 5.74) is 0. The molecule has 106 valence electrons. The number of likely N-dealkylation sites (N-methyl/N-ethyl adjacent to an activating group) is 1.